The van der Waals surface area contributed by atoms with Crippen molar-refractivity contribution in [3.63, 3.8) is 0 Å². The minimum Gasteiger partial charge on any atom is -0.375 e. The van der Waals surface area contributed by atoms with Crippen molar-refractivity contribution >= 4 is 11.8 Å². The van der Waals surface area contributed by atoms with E-state index in [0.29, 0.717) is 6.10 Å². The minimum atomic E-state index is 0.262. The van der Waals surface area contributed by atoms with E-state index in [4.69, 9.17) is 10.5 Å². The van der Waals surface area contributed by atoms with Crippen LogP contribution >= 0.6 is 11.8 Å². The lowest BCUT2D eigenvalue weighted by atomic mass is 10.1. The fraction of sp³-hybridized carbons (Fsp3) is 1.00. The highest BCUT2D eigenvalue weighted by molar-refractivity contribution is 7.99. The van der Waals surface area contributed by atoms with Crippen molar-refractivity contribution in [1.82, 2.24) is 0 Å². The molecule has 0 aromatic heterocycles. The first-order valence-corrected chi connectivity index (χ1v) is 5.95. The molecule has 0 aromatic rings. The third-order valence-corrected chi connectivity index (χ3v) is 3.23. The molecule has 0 amide bonds. The van der Waals surface area contributed by atoms with Crippen LogP contribution in [0.2, 0.25) is 0 Å². The second-order valence-electron chi connectivity index (χ2n) is 3.29. The van der Waals surface area contributed by atoms with E-state index in [1.54, 1.807) is 0 Å². The van der Waals surface area contributed by atoms with Crippen molar-refractivity contribution in [2.45, 2.75) is 38.3 Å². The van der Waals surface area contributed by atoms with E-state index in [-0.39, 0.29) is 6.04 Å². The molecule has 2 N–H and O–H groups in total. The summed E-state index contributed by atoms with van der Waals surface area (Å²) in [6.07, 6.45) is 3.89. The van der Waals surface area contributed by atoms with Gasteiger partial charge < -0.3 is 10.5 Å². The second-order valence-corrected chi connectivity index (χ2v) is 4.44. The summed E-state index contributed by atoms with van der Waals surface area (Å²) in [6.45, 7) is 3.08. The molecule has 0 saturated carbocycles. The summed E-state index contributed by atoms with van der Waals surface area (Å²) in [5, 5.41) is 0. The smallest absolute Gasteiger partial charge is 0.0816 e. The monoisotopic (exact) mass is 189 g/mol. The molecule has 3 heteroatoms. The predicted octanol–water partition coefficient (Wildman–Crippen LogP) is 1.64. The molecule has 2 nitrogen and oxygen atoms in total. The SMILES string of the molecule is CCCCC(N)C1CSCCO1. The molecular weight excluding hydrogens is 170 g/mol. The number of ether oxygens (including phenoxy) is 1. The van der Waals surface area contributed by atoms with Crippen LogP contribution in [0.5, 0.6) is 0 Å². The van der Waals surface area contributed by atoms with Crippen LogP contribution in [0.25, 0.3) is 0 Å². The quantitative estimate of drug-likeness (QED) is 0.730. The molecule has 0 aromatic carbocycles. The summed E-state index contributed by atoms with van der Waals surface area (Å²) in [4.78, 5) is 0. The molecule has 1 saturated heterocycles. The van der Waals surface area contributed by atoms with Gasteiger partial charge in [-0.05, 0) is 6.42 Å². The molecular formula is C9H19NOS. The third-order valence-electron chi connectivity index (χ3n) is 2.21. The molecule has 2 unspecified atom stereocenters. The van der Waals surface area contributed by atoms with E-state index in [9.17, 15) is 0 Å². The molecule has 1 heterocycles. The van der Waals surface area contributed by atoms with Gasteiger partial charge in [-0.3, -0.25) is 0 Å². The first-order valence-electron chi connectivity index (χ1n) is 4.79. The molecule has 0 aliphatic carbocycles. The minimum absolute atomic E-state index is 0.262. The second kappa shape index (κ2) is 5.84. The maximum Gasteiger partial charge on any atom is 0.0816 e. The van der Waals surface area contributed by atoms with E-state index >= 15 is 0 Å². The van der Waals surface area contributed by atoms with Gasteiger partial charge in [-0.1, -0.05) is 19.8 Å². The largest absolute Gasteiger partial charge is 0.375 e. The van der Waals surface area contributed by atoms with Crippen molar-refractivity contribution in [3.05, 3.63) is 0 Å². The van der Waals surface area contributed by atoms with Gasteiger partial charge in [-0.25, -0.2) is 0 Å². The maximum absolute atomic E-state index is 6.00. The fourth-order valence-electron chi connectivity index (χ4n) is 1.38. The van der Waals surface area contributed by atoms with Crippen LogP contribution in [0.15, 0.2) is 0 Å². The summed E-state index contributed by atoms with van der Waals surface area (Å²) in [5.74, 6) is 2.22. The topological polar surface area (TPSA) is 35.2 Å². The zero-order valence-electron chi connectivity index (χ0n) is 7.79. The highest BCUT2D eigenvalue weighted by atomic mass is 32.2. The Balaban J connectivity index is 2.15. The van der Waals surface area contributed by atoms with Gasteiger partial charge in [0.05, 0.1) is 12.7 Å². The predicted molar refractivity (Wildman–Crippen MR) is 54.6 cm³/mol. The molecule has 0 spiro atoms. The molecule has 12 heavy (non-hydrogen) atoms. The van der Waals surface area contributed by atoms with Gasteiger partial charge >= 0.3 is 0 Å². The van der Waals surface area contributed by atoms with E-state index in [0.717, 1.165) is 24.5 Å². The van der Waals surface area contributed by atoms with Crippen LogP contribution in [0, 0.1) is 0 Å². The maximum atomic E-state index is 6.00. The highest BCUT2D eigenvalue weighted by Crippen LogP contribution is 2.16. The van der Waals surface area contributed by atoms with Crippen molar-refractivity contribution < 1.29 is 4.74 Å². The van der Waals surface area contributed by atoms with Crippen LogP contribution in [0.3, 0.4) is 0 Å². The van der Waals surface area contributed by atoms with Crippen molar-refractivity contribution in [1.29, 1.82) is 0 Å². The Morgan fingerprint density at radius 1 is 1.67 bits per heavy atom. The normalized spacial score (nSPS) is 27.0. The molecule has 1 aliphatic rings. The lowest BCUT2D eigenvalue weighted by Gasteiger charge is -2.27. The summed E-state index contributed by atoms with van der Waals surface area (Å²) < 4.78 is 5.59. The van der Waals surface area contributed by atoms with Gasteiger partial charge in [-0.15, -0.1) is 0 Å². The van der Waals surface area contributed by atoms with Crippen molar-refractivity contribution in [2.75, 3.05) is 18.1 Å². The van der Waals surface area contributed by atoms with Crippen LogP contribution in [-0.2, 0) is 4.74 Å². The average Bonchev–Trinajstić information content (AvgIpc) is 2.15. The van der Waals surface area contributed by atoms with Crippen LogP contribution in [0.1, 0.15) is 26.2 Å². The van der Waals surface area contributed by atoms with E-state index < -0.39 is 0 Å². The van der Waals surface area contributed by atoms with Gasteiger partial charge in [0.1, 0.15) is 0 Å². The lowest BCUT2D eigenvalue weighted by molar-refractivity contribution is 0.0546. The van der Waals surface area contributed by atoms with Crippen LogP contribution in [-0.4, -0.2) is 30.3 Å². The van der Waals surface area contributed by atoms with Crippen LogP contribution < -0.4 is 5.73 Å². The number of nitrogens with two attached hydrogens (primary N) is 1. The number of hydrogen-bond acceptors (Lipinski definition) is 3. The number of thioether (sulfide) groups is 1. The van der Waals surface area contributed by atoms with Gasteiger partial charge in [0.15, 0.2) is 0 Å². The van der Waals surface area contributed by atoms with Gasteiger partial charge in [0, 0.05) is 17.5 Å². The number of hydrogen-bond donors (Lipinski definition) is 1. The molecule has 1 fully saturated rings. The first-order chi connectivity index (χ1) is 5.84. The van der Waals surface area contributed by atoms with Crippen molar-refractivity contribution in [3.8, 4) is 0 Å². The summed E-state index contributed by atoms with van der Waals surface area (Å²) in [5.41, 5.74) is 6.00. The molecule has 1 rings (SSSR count). The summed E-state index contributed by atoms with van der Waals surface area (Å²) >= 11 is 1.96. The summed E-state index contributed by atoms with van der Waals surface area (Å²) in [6, 6.07) is 0.262. The Morgan fingerprint density at radius 3 is 3.08 bits per heavy atom. The number of rotatable bonds is 4. The van der Waals surface area contributed by atoms with Gasteiger partial charge in [0.25, 0.3) is 0 Å². The van der Waals surface area contributed by atoms with Gasteiger partial charge in [-0.2, -0.15) is 11.8 Å². The van der Waals surface area contributed by atoms with E-state index in [1.165, 1.54) is 12.8 Å². The molecule has 72 valence electrons. The summed E-state index contributed by atoms with van der Waals surface area (Å²) in [7, 11) is 0. The Kier molecular flexibility index (Phi) is 5.04. The average molecular weight is 189 g/mol. The van der Waals surface area contributed by atoms with E-state index in [2.05, 4.69) is 6.92 Å². The molecule has 0 radical (unpaired) electrons. The molecule has 1 aliphatic heterocycles. The Labute approximate surface area is 79.2 Å². The molecule has 2 atom stereocenters. The lowest BCUT2D eigenvalue weighted by Crippen LogP contribution is -2.41. The highest BCUT2D eigenvalue weighted by Gasteiger charge is 2.20. The Hall–Kier alpha value is 0.270. The standard InChI is InChI=1S/C9H19NOS/c1-2-3-4-8(10)9-7-12-6-5-11-9/h8-9H,2-7,10H2,1H3. The Bertz CT molecular complexity index is 115. The Morgan fingerprint density at radius 2 is 2.50 bits per heavy atom. The van der Waals surface area contributed by atoms with E-state index in [1.807, 2.05) is 11.8 Å². The fourth-order valence-corrected chi connectivity index (χ4v) is 2.34. The molecule has 0 bridgehead atoms. The number of unbranched alkanes of at least 4 members (excludes halogenated alkanes) is 1. The third kappa shape index (κ3) is 3.33. The van der Waals surface area contributed by atoms with Gasteiger partial charge in [0.2, 0.25) is 0 Å². The zero-order valence-corrected chi connectivity index (χ0v) is 8.61. The first kappa shape index (κ1) is 10.4. The van der Waals surface area contributed by atoms with Crippen molar-refractivity contribution in [2.24, 2.45) is 5.73 Å². The van der Waals surface area contributed by atoms with Crippen LogP contribution in [0.4, 0.5) is 0 Å². The zero-order chi connectivity index (χ0) is 8.81.